The molecule has 0 spiro atoms. The summed E-state index contributed by atoms with van der Waals surface area (Å²) in [5.41, 5.74) is 2.19. The van der Waals surface area contributed by atoms with E-state index in [4.69, 9.17) is 4.74 Å². The third-order valence-corrected chi connectivity index (χ3v) is 4.04. The second-order valence-corrected chi connectivity index (χ2v) is 5.86. The Morgan fingerprint density at radius 3 is 2.56 bits per heavy atom. The van der Waals surface area contributed by atoms with E-state index < -0.39 is 5.95 Å². The van der Waals surface area contributed by atoms with Crippen LogP contribution in [0.3, 0.4) is 0 Å². The molecule has 0 bridgehead atoms. The average molecular weight is 358 g/mol. The summed E-state index contributed by atoms with van der Waals surface area (Å²) < 4.78 is 21.5. The second-order valence-electron chi connectivity index (χ2n) is 5.60. The van der Waals surface area contributed by atoms with Crippen molar-refractivity contribution in [3.63, 3.8) is 0 Å². The lowest BCUT2D eigenvalue weighted by Crippen LogP contribution is -1.98. The van der Waals surface area contributed by atoms with Crippen molar-refractivity contribution in [3.05, 3.63) is 54.6 Å². The Balaban J connectivity index is 0.000000314. The van der Waals surface area contributed by atoms with Gasteiger partial charge in [0.15, 0.2) is 0 Å². The molecule has 1 aliphatic rings. The fraction of sp³-hybridized carbons (Fsp3) is 0.222. The molecule has 2 aromatic heterocycles. The molecule has 0 unspecified atom stereocenters. The Bertz CT molecular complexity index is 843. The number of halogens is 1. The summed E-state index contributed by atoms with van der Waals surface area (Å²) >= 11 is 3.83. The Hall–Kier alpha value is -2.38. The summed E-state index contributed by atoms with van der Waals surface area (Å²) in [5, 5.41) is 3.86. The van der Waals surface area contributed by atoms with Gasteiger partial charge in [-0.1, -0.05) is 31.0 Å². The first-order valence-corrected chi connectivity index (χ1v) is 8.37. The van der Waals surface area contributed by atoms with Gasteiger partial charge in [0.25, 0.3) is 0 Å². The van der Waals surface area contributed by atoms with E-state index >= 15 is 0 Å². The van der Waals surface area contributed by atoms with Gasteiger partial charge in [0.1, 0.15) is 5.52 Å². The molecule has 0 atom stereocenters. The average Bonchev–Trinajstić information content (AvgIpc) is 3.47. The summed E-state index contributed by atoms with van der Waals surface area (Å²) in [7, 11) is 1.44. The first-order valence-electron chi connectivity index (χ1n) is 7.92. The predicted molar refractivity (Wildman–Crippen MR) is 101 cm³/mol. The van der Waals surface area contributed by atoms with Gasteiger partial charge in [-0.15, -0.1) is 0 Å². The molecule has 4 rings (SSSR count). The number of anilines is 2. The molecule has 2 heterocycles. The molecule has 0 saturated heterocycles. The van der Waals surface area contributed by atoms with E-state index in [2.05, 4.69) is 32.8 Å². The van der Waals surface area contributed by atoms with Crippen LogP contribution < -0.4 is 14.8 Å². The molecule has 25 heavy (non-hydrogen) atoms. The van der Waals surface area contributed by atoms with E-state index in [-0.39, 0.29) is 5.88 Å². The van der Waals surface area contributed by atoms with Crippen molar-refractivity contribution < 1.29 is 9.13 Å². The van der Waals surface area contributed by atoms with Crippen LogP contribution in [0.5, 0.6) is 5.88 Å². The maximum Gasteiger partial charge on any atom is 0.243 e. The van der Waals surface area contributed by atoms with Crippen LogP contribution in [-0.2, 0) is 0 Å². The van der Waals surface area contributed by atoms with Crippen molar-refractivity contribution in [2.45, 2.75) is 18.9 Å². The third-order valence-electron chi connectivity index (χ3n) is 3.67. The number of fused-ring (bicyclic) bond motifs is 1. The van der Waals surface area contributed by atoms with Crippen LogP contribution in [0.25, 0.3) is 10.9 Å². The number of pyridine rings is 2. The van der Waals surface area contributed by atoms with Gasteiger partial charge in [-0.05, 0) is 31.0 Å². The van der Waals surface area contributed by atoms with Crippen molar-refractivity contribution in [2.75, 3.05) is 12.4 Å². The third kappa shape index (κ3) is 4.58. The van der Waals surface area contributed by atoms with E-state index in [1.54, 1.807) is 12.3 Å². The van der Waals surface area contributed by atoms with Crippen LogP contribution in [0.1, 0.15) is 12.8 Å². The number of methoxy groups -OCH3 is 1. The summed E-state index contributed by atoms with van der Waals surface area (Å²) in [6.45, 7) is 0. The van der Waals surface area contributed by atoms with Gasteiger partial charge in [0.2, 0.25) is 11.8 Å². The number of ether oxygens (including phenoxy) is 1. The fourth-order valence-electron chi connectivity index (χ4n) is 2.23. The molecule has 5 nitrogen and oxygen atoms in total. The molecular formula is C18H19FN4OS. The Labute approximate surface area is 151 Å². The lowest BCUT2D eigenvalue weighted by Gasteiger charge is -2.10. The first kappa shape index (κ1) is 17.4. The predicted octanol–water partition coefficient (Wildman–Crippen LogP) is 4.10. The highest BCUT2D eigenvalue weighted by Crippen LogP contribution is 2.29. The maximum absolute atomic E-state index is 13.6. The van der Waals surface area contributed by atoms with Gasteiger partial charge >= 0.3 is 0 Å². The molecule has 0 amide bonds. The van der Waals surface area contributed by atoms with E-state index in [0.717, 1.165) is 17.4 Å². The Kier molecular flexibility index (Phi) is 5.67. The van der Waals surface area contributed by atoms with Gasteiger partial charge in [-0.3, -0.25) is 9.71 Å². The van der Waals surface area contributed by atoms with Gasteiger partial charge in [0, 0.05) is 35.1 Å². The molecular weight excluding hydrogens is 339 g/mol. The SMILES string of the molecule is COc1nc(F)cc2c(Nc3ccccc3)ccnc12.SNC1CC1. The highest BCUT2D eigenvalue weighted by atomic mass is 32.1. The highest BCUT2D eigenvalue weighted by Gasteiger charge is 2.18. The number of hydrogen-bond donors (Lipinski definition) is 3. The zero-order valence-corrected chi connectivity index (χ0v) is 14.6. The van der Waals surface area contributed by atoms with Crippen LogP contribution in [-0.4, -0.2) is 23.1 Å². The molecule has 1 aromatic carbocycles. The number of para-hydroxylation sites is 1. The lowest BCUT2D eigenvalue weighted by atomic mass is 10.2. The Morgan fingerprint density at radius 1 is 1.20 bits per heavy atom. The minimum atomic E-state index is -0.599. The van der Waals surface area contributed by atoms with Gasteiger partial charge < -0.3 is 10.1 Å². The number of nitrogens with zero attached hydrogens (tertiary/aromatic N) is 2. The second kappa shape index (κ2) is 8.13. The van der Waals surface area contributed by atoms with Crippen LogP contribution >= 0.6 is 12.8 Å². The van der Waals surface area contributed by atoms with Gasteiger partial charge in [-0.25, -0.2) is 0 Å². The molecule has 0 aliphatic heterocycles. The van der Waals surface area contributed by atoms with E-state index in [9.17, 15) is 4.39 Å². The largest absolute Gasteiger partial charge is 0.479 e. The first-order chi connectivity index (χ1) is 12.2. The minimum Gasteiger partial charge on any atom is -0.479 e. The summed E-state index contributed by atoms with van der Waals surface area (Å²) in [5.74, 6) is -0.421. The number of benzene rings is 1. The summed E-state index contributed by atoms with van der Waals surface area (Å²) in [6.07, 6.45) is 4.28. The number of hydrogen-bond acceptors (Lipinski definition) is 6. The number of nitrogens with one attached hydrogen (secondary N) is 2. The number of aromatic nitrogens is 2. The molecule has 3 aromatic rings. The van der Waals surface area contributed by atoms with Gasteiger partial charge in [-0.2, -0.15) is 9.37 Å². The maximum atomic E-state index is 13.6. The summed E-state index contributed by atoms with van der Waals surface area (Å²) in [6, 6.07) is 13.5. The van der Waals surface area contributed by atoms with Crippen molar-refractivity contribution in [3.8, 4) is 5.88 Å². The smallest absolute Gasteiger partial charge is 0.243 e. The standard InChI is InChI=1S/C15H12FN3O.C3H7NS/c1-20-15-14-11(9-13(16)19-15)12(7-8-17-14)18-10-5-3-2-4-6-10;5-4-3-1-2-3/h2-9H,1H3,(H,17,18);3-5H,1-2H2. The van der Waals surface area contributed by atoms with E-state index in [1.165, 1.54) is 26.0 Å². The fourth-order valence-corrected chi connectivity index (χ4v) is 2.49. The molecule has 130 valence electrons. The highest BCUT2D eigenvalue weighted by molar-refractivity contribution is 7.78. The lowest BCUT2D eigenvalue weighted by molar-refractivity contribution is 0.392. The minimum absolute atomic E-state index is 0.178. The van der Waals surface area contributed by atoms with Crippen molar-refractivity contribution in [2.24, 2.45) is 0 Å². The molecule has 1 fully saturated rings. The van der Waals surface area contributed by atoms with Crippen molar-refractivity contribution in [1.82, 2.24) is 14.7 Å². The molecule has 7 heteroatoms. The van der Waals surface area contributed by atoms with Crippen LogP contribution in [0.4, 0.5) is 15.8 Å². The number of thiol groups is 1. The summed E-state index contributed by atoms with van der Waals surface area (Å²) in [4.78, 5) is 7.89. The number of rotatable bonds is 4. The van der Waals surface area contributed by atoms with E-state index in [1.807, 2.05) is 30.3 Å². The van der Waals surface area contributed by atoms with Gasteiger partial charge in [0.05, 0.1) is 7.11 Å². The molecule has 2 N–H and O–H groups in total. The molecule has 1 saturated carbocycles. The van der Waals surface area contributed by atoms with Crippen LogP contribution in [0.2, 0.25) is 0 Å². The molecule has 1 aliphatic carbocycles. The quantitative estimate of drug-likeness (QED) is 0.484. The normalized spacial score (nSPS) is 13.1. The van der Waals surface area contributed by atoms with Crippen molar-refractivity contribution >= 4 is 35.1 Å². The monoisotopic (exact) mass is 358 g/mol. The molecule has 0 radical (unpaired) electrons. The zero-order chi connectivity index (χ0) is 17.6. The Morgan fingerprint density at radius 2 is 1.96 bits per heavy atom. The zero-order valence-electron chi connectivity index (χ0n) is 13.7. The topological polar surface area (TPSA) is 59.1 Å². The van der Waals surface area contributed by atoms with Crippen molar-refractivity contribution in [1.29, 1.82) is 0 Å². The van der Waals surface area contributed by atoms with E-state index in [0.29, 0.717) is 10.9 Å². The van der Waals surface area contributed by atoms with Crippen LogP contribution in [0, 0.1) is 5.95 Å². The van der Waals surface area contributed by atoms with Crippen LogP contribution in [0.15, 0.2) is 48.7 Å².